The van der Waals surface area contributed by atoms with Gasteiger partial charge in [0.25, 0.3) is 5.91 Å². The van der Waals surface area contributed by atoms with Crippen molar-refractivity contribution < 1.29 is 26.8 Å². The van der Waals surface area contributed by atoms with E-state index in [4.69, 9.17) is 9.15 Å². The summed E-state index contributed by atoms with van der Waals surface area (Å²) >= 11 is 0. The maximum absolute atomic E-state index is 13.8. The third-order valence-electron chi connectivity index (χ3n) is 3.76. The molecule has 146 valence electrons. The number of hydrogen-bond acceptors (Lipinski definition) is 5. The molecule has 0 spiro atoms. The topological polar surface area (TPSA) is 85.6 Å². The molecule has 1 N–H and O–H groups in total. The number of carbonyl (C=O) groups excluding carboxylic acids is 1. The monoisotopic (exact) mass is 403 g/mol. The first-order valence-electron chi connectivity index (χ1n) is 8.37. The summed E-state index contributed by atoms with van der Waals surface area (Å²) in [5, 5.41) is 2.68. The van der Waals surface area contributed by atoms with Crippen molar-refractivity contribution in [3.8, 4) is 11.5 Å². The van der Waals surface area contributed by atoms with E-state index in [2.05, 4.69) is 5.32 Å². The van der Waals surface area contributed by atoms with Crippen LogP contribution in [-0.2, 0) is 22.1 Å². The molecule has 1 heterocycles. The highest BCUT2D eigenvalue weighted by Gasteiger charge is 2.15. The van der Waals surface area contributed by atoms with Crippen molar-refractivity contribution in [1.29, 1.82) is 0 Å². The molecule has 3 rings (SSSR count). The molecule has 3 aromatic rings. The number of hydrogen-bond donors (Lipinski definition) is 1. The van der Waals surface area contributed by atoms with Gasteiger partial charge in [0.05, 0.1) is 0 Å². The molecule has 1 amide bonds. The molecule has 0 aliphatic carbocycles. The van der Waals surface area contributed by atoms with Gasteiger partial charge in [-0.05, 0) is 30.3 Å². The van der Waals surface area contributed by atoms with E-state index in [1.165, 1.54) is 24.3 Å². The normalized spacial score (nSPS) is 11.2. The smallest absolute Gasteiger partial charge is 0.287 e. The lowest BCUT2D eigenvalue weighted by Crippen LogP contribution is -2.22. The average Bonchev–Trinajstić information content (AvgIpc) is 3.09. The lowest BCUT2D eigenvalue weighted by atomic mass is 10.2. The second kappa shape index (κ2) is 8.26. The highest BCUT2D eigenvalue weighted by Crippen LogP contribution is 2.27. The molecule has 0 saturated heterocycles. The fourth-order valence-electron chi connectivity index (χ4n) is 2.49. The Labute approximate surface area is 161 Å². The molecule has 6 nitrogen and oxygen atoms in total. The summed E-state index contributed by atoms with van der Waals surface area (Å²) in [4.78, 5) is 12.3. The zero-order valence-electron chi connectivity index (χ0n) is 15.0. The number of para-hydroxylation sites is 2. The number of nitrogens with one attached hydrogen (secondary N) is 1. The number of ether oxygens (including phenoxy) is 1. The van der Waals surface area contributed by atoms with Crippen LogP contribution in [0.25, 0.3) is 0 Å². The Kier molecular flexibility index (Phi) is 5.79. The fraction of sp³-hybridized carbons (Fsp3) is 0.150. The van der Waals surface area contributed by atoms with Gasteiger partial charge in [0, 0.05) is 18.4 Å². The number of rotatable bonds is 7. The summed E-state index contributed by atoms with van der Waals surface area (Å²) in [7, 11) is -3.26. The van der Waals surface area contributed by atoms with Crippen LogP contribution in [0.3, 0.4) is 0 Å². The van der Waals surface area contributed by atoms with Crippen LogP contribution in [0.4, 0.5) is 4.39 Å². The second-order valence-electron chi connectivity index (χ2n) is 6.16. The molecule has 0 bridgehead atoms. The van der Waals surface area contributed by atoms with Gasteiger partial charge in [-0.15, -0.1) is 0 Å². The first-order chi connectivity index (χ1) is 13.3. The maximum atomic E-state index is 13.8. The van der Waals surface area contributed by atoms with Crippen LogP contribution in [0.1, 0.15) is 21.9 Å². The van der Waals surface area contributed by atoms with Crippen molar-refractivity contribution in [2.24, 2.45) is 0 Å². The minimum absolute atomic E-state index is 0.00570. The van der Waals surface area contributed by atoms with Gasteiger partial charge in [-0.25, -0.2) is 12.8 Å². The standard InChI is InChI=1S/C20H18FNO5S/c1-28(24,25)13-15-10-11-19(26-15)20(23)22-12-14-6-2-4-8-17(14)27-18-9-5-3-7-16(18)21/h2-11H,12-13H2,1H3,(H,22,23). The van der Waals surface area contributed by atoms with Crippen LogP contribution < -0.4 is 10.1 Å². The molecular weight excluding hydrogens is 385 g/mol. The minimum atomic E-state index is -3.26. The zero-order chi connectivity index (χ0) is 20.1. The van der Waals surface area contributed by atoms with Crippen LogP contribution in [0.15, 0.2) is 65.1 Å². The molecule has 0 fully saturated rings. The van der Waals surface area contributed by atoms with Crippen molar-refractivity contribution in [3.05, 3.63) is 83.6 Å². The molecule has 0 unspecified atom stereocenters. The van der Waals surface area contributed by atoms with Gasteiger partial charge in [0.15, 0.2) is 27.2 Å². The summed E-state index contributed by atoms with van der Waals surface area (Å²) < 4.78 is 47.3. The minimum Gasteiger partial charge on any atom is -0.455 e. The van der Waals surface area contributed by atoms with E-state index in [-0.39, 0.29) is 29.6 Å². The van der Waals surface area contributed by atoms with Crippen molar-refractivity contribution in [2.45, 2.75) is 12.3 Å². The summed E-state index contributed by atoms with van der Waals surface area (Å²) in [6.45, 7) is 0.117. The Balaban J connectivity index is 1.68. The Bertz CT molecular complexity index is 1090. The summed E-state index contributed by atoms with van der Waals surface area (Å²) in [5.41, 5.74) is 0.641. The lowest BCUT2D eigenvalue weighted by molar-refractivity contribution is 0.0921. The van der Waals surface area contributed by atoms with Crippen molar-refractivity contribution in [3.63, 3.8) is 0 Å². The number of halogens is 1. The molecule has 0 saturated carbocycles. The number of amides is 1. The summed E-state index contributed by atoms with van der Waals surface area (Å²) in [6.07, 6.45) is 1.09. The molecule has 28 heavy (non-hydrogen) atoms. The predicted octanol–water partition coefficient (Wildman–Crippen LogP) is 3.69. The molecule has 8 heteroatoms. The van der Waals surface area contributed by atoms with Crippen LogP contribution in [0.5, 0.6) is 11.5 Å². The van der Waals surface area contributed by atoms with Gasteiger partial charge < -0.3 is 14.5 Å². The van der Waals surface area contributed by atoms with E-state index in [0.29, 0.717) is 11.3 Å². The van der Waals surface area contributed by atoms with Gasteiger partial charge >= 0.3 is 0 Å². The number of sulfone groups is 1. The van der Waals surface area contributed by atoms with Gasteiger partial charge in [-0.2, -0.15) is 0 Å². The quantitative estimate of drug-likeness (QED) is 0.650. The Morgan fingerprint density at radius 1 is 1.04 bits per heavy atom. The molecular formula is C20H18FNO5S. The largest absolute Gasteiger partial charge is 0.455 e. The van der Waals surface area contributed by atoms with Crippen LogP contribution in [-0.4, -0.2) is 20.6 Å². The van der Waals surface area contributed by atoms with Crippen LogP contribution in [0, 0.1) is 5.82 Å². The Hall–Kier alpha value is -3.13. The Morgan fingerprint density at radius 2 is 1.71 bits per heavy atom. The number of carbonyl (C=O) groups is 1. The highest BCUT2D eigenvalue weighted by molar-refractivity contribution is 7.89. The van der Waals surface area contributed by atoms with E-state index in [9.17, 15) is 17.6 Å². The van der Waals surface area contributed by atoms with Crippen molar-refractivity contribution >= 4 is 15.7 Å². The molecule has 1 aromatic heterocycles. The predicted molar refractivity (Wildman–Crippen MR) is 101 cm³/mol. The first kappa shape index (κ1) is 19.6. The summed E-state index contributed by atoms with van der Waals surface area (Å²) in [5.74, 6) is -0.583. The molecule has 2 aromatic carbocycles. The van der Waals surface area contributed by atoms with Crippen LogP contribution >= 0.6 is 0 Å². The van der Waals surface area contributed by atoms with E-state index in [1.54, 1.807) is 36.4 Å². The highest BCUT2D eigenvalue weighted by atomic mass is 32.2. The SMILES string of the molecule is CS(=O)(=O)Cc1ccc(C(=O)NCc2ccccc2Oc2ccccc2F)o1. The molecule has 0 radical (unpaired) electrons. The van der Waals surface area contributed by atoms with Gasteiger partial charge in [-0.3, -0.25) is 4.79 Å². The van der Waals surface area contributed by atoms with E-state index >= 15 is 0 Å². The van der Waals surface area contributed by atoms with Gasteiger partial charge in [-0.1, -0.05) is 30.3 Å². The van der Waals surface area contributed by atoms with Gasteiger partial charge in [0.1, 0.15) is 17.3 Å². The molecule has 0 atom stereocenters. The van der Waals surface area contributed by atoms with Crippen molar-refractivity contribution in [1.82, 2.24) is 5.32 Å². The number of furan rings is 1. The van der Waals surface area contributed by atoms with Crippen molar-refractivity contribution in [2.75, 3.05) is 6.26 Å². The zero-order valence-corrected chi connectivity index (χ0v) is 15.8. The molecule has 0 aliphatic rings. The third-order valence-corrected chi connectivity index (χ3v) is 4.57. The fourth-order valence-corrected chi connectivity index (χ4v) is 3.17. The summed E-state index contributed by atoms with van der Waals surface area (Å²) in [6, 6.07) is 15.8. The van der Waals surface area contributed by atoms with Gasteiger partial charge in [0.2, 0.25) is 0 Å². The van der Waals surface area contributed by atoms with E-state index in [0.717, 1.165) is 6.26 Å². The average molecular weight is 403 g/mol. The first-order valence-corrected chi connectivity index (χ1v) is 10.4. The van der Waals surface area contributed by atoms with E-state index in [1.807, 2.05) is 0 Å². The lowest BCUT2D eigenvalue weighted by Gasteiger charge is -2.12. The van der Waals surface area contributed by atoms with E-state index < -0.39 is 21.6 Å². The van der Waals surface area contributed by atoms with Crippen LogP contribution in [0.2, 0.25) is 0 Å². The molecule has 0 aliphatic heterocycles. The Morgan fingerprint density at radius 3 is 2.43 bits per heavy atom. The second-order valence-corrected chi connectivity index (χ2v) is 8.30. The number of benzene rings is 2. The maximum Gasteiger partial charge on any atom is 0.287 e. The third kappa shape index (κ3) is 5.20.